The lowest BCUT2D eigenvalue weighted by atomic mass is 9.92. The fourth-order valence-electron chi connectivity index (χ4n) is 3.44. The first-order valence-corrected chi connectivity index (χ1v) is 12.5. The van der Waals surface area contributed by atoms with Gasteiger partial charge in [0.1, 0.15) is 5.82 Å². The molecule has 8 heteroatoms. The summed E-state index contributed by atoms with van der Waals surface area (Å²) < 4.78 is 28.6. The summed E-state index contributed by atoms with van der Waals surface area (Å²) in [4.78, 5) is 13.1. The summed E-state index contributed by atoms with van der Waals surface area (Å²) in [6.07, 6.45) is 0. The van der Waals surface area contributed by atoms with Crippen LogP contribution in [0.2, 0.25) is 0 Å². The van der Waals surface area contributed by atoms with Crippen LogP contribution in [0, 0.1) is 0 Å². The Hall–Kier alpha value is -2.97. The number of hydrogen-bond donors (Lipinski definition) is 1. The zero-order chi connectivity index (χ0) is 24.2. The average Bonchev–Trinajstić information content (AvgIpc) is 3.18. The van der Waals surface area contributed by atoms with Gasteiger partial charge in [0.05, 0.1) is 17.1 Å². The predicted octanol–water partition coefficient (Wildman–Crippen LogP) is 4.51. The van der Waals surface area contributed by atoms with E-state index in [1.54, 1.807) is 18.5 Å². The van der Waals surface area contributed by atoms with E-state index in [2.05, 4.69) is 26.1 Å². The molecule has 1 aromatic heterocycles. The average molecular weight is 469 g/mol. The number of sulfonamides is 1. The SMILES string of the molecule is CCN(CC)S(=O)(=O)c1ccc(C(=O)Nc2cc(C(C)(C)C)nn2Cc2ccccc2)cc1. The highest BCUT2D eigenvalue weighted by atomic mass is 32.2. The van der Waals surface area contributed by atoms with E-state index in [1.165, 1.54) is 28.6 Å². The molecule has 3 rings (SSSR count). The number of carbonyl (C=O) groups excluding carboxylic acids is 1. The summed E-state index contributed by atoms with van der Waals surface area (Å²) >= 11 is 0. The molecule has 7 nitrogen and oxygen atoms in total. The third-order valence-electron chi connectivity index (χ3n) is 5.42. The van der Waals surface area contributed by atoms with Gasteiger partial charge in [0.15, 0.2) is 0 Å². The van der Waals surface area contributed by atoms with Crippen LogP contribution in [0.15, 0.2) is 65.6 Å². The lowest BCUT2D eigenvalue weighted by Gasteiger charge is -2.18. The molecule has 2 aromatic carbocycles. The second-order valence-corrected chi connectivity index (χ2v) is 10.8. The van der Waals surface area contributed by atoms with Crippen LogP contribution < -0.4 is 5.32 Å². The Labute approximate surface area is 196 Å². The molecule has 0 radical (unpaired) electrons. The summed E-state index contributed by atoms with van der Waals surface area (Å²) in [7, 11) is -3.57. The van der Waals surface area contributed by atoms with E-state index in [0.29, 0.717) is 31.0 Å². The highest BCUT2D eigenvalue weighted by Gasteiger charge is 2.23. The monoisotopic (exact) mass is 468 g/mol. The maximum Gasteiger partial charge on any atom is 0.256 e. The number of aromatic nitrogens is 2. The molecule has 0 saturated carbocycles. The Bertz CT molecular complexity index is 1190. The normalized spacial score (nSPS) is 12.2. The lowest BCUT2D eigenvalue weighted by Crippen LogP contribution is -2.30. The smallest absolute Gasteiger partial charge is 0.256 e. The van der Waals surface area contributed by atoms with Crippen molar-refractivity contribution in [3.8, 4) is 0 Å². The molecule has 3 aromatic rings. The highest BCUT2D eigenvalue weighted by Crippen LogP contribution is 2.25. The second kappa shape index (κ2) is 9.89. The lowest BCUT2D eigenvalue weighted by molar-refractivity contribution is 0.102. The first-order valence-electron chi connectivity index (χ1n) is 11.1. The van der Waals surface area contributed by atoms with E-state index in [-0.39, 0.29) is 16.2 Å². The summed E-state index contributed by atoms with van der Waals surface area (Å²) in [6.45, 7) is 11.1. The molecule has 0 atom stereocenters. The summed E-state index contributed by atoms with van der Waals surface area (Å²) in [5.41, 5.74) is 2.14. The van der Waals surface area contributed by atoms with E-state index >= 15 is 0 Å². The summed E-state index contributed by atoms with van der Waals surface area (Å²) in [5.74, 6) is 0.269. The van der Waals surface area contributed by atoms with Gasteiger partial charge in [-0.2, -0.15) is 9.40 Å². The van der Waals surface area contributed by atoms with Crippen LogP contribution in [0.1, 0.15) is 56.2 Å². The Kier molecular flexibility index (Phi) is 7.39. The zero-order valence-electron chi connectivity index (χ0n) is 19.9. The Balaban J connectivity index is 1.85. The zero-order valence-corrected chi connectivity index (χ0v) is 20.7. The Morgan fingerprint density at radius 3 is 2.15 bits per heavy atom. The minimum Gasteiger partial charge on any atom is -0.307 e. The molecule has 0 aliphatic heterocycles. The molecule has 0 saturated heterocycles. The first-order chi connectivity index (χ1) is 15.6. The summed E-state index contributed by atoms with van der Waals surface area (Å²) in [5, 5.41) is 7.67. The molecule has 0 bridgehead atoms. The van der Waals surface area contributed by atoms with E-state index in [9.17, 15) is 13.2 Å². The fraction of sp³-hybridized carbons (Fsp3) is 0.360. The number of nitrogens with zero attached hydrogens (tertiary/aromatic N) is 3. The third-order valence-corrected chi connectivity index (χ3v) is 7.49. The van der Waals surface area contributed by atoms with Crippen LogP contribution >= 0.6 is 0 Å². The second-order valence-electron chi connectivity index (χ2n) is 8.88. The maximum absolute atomic E-state index is 13.0. The molecule has 176 valence electrons. The molecule has 0 unspecified atom stereocenters. The Morgan fingerprint density at radius 1 is 1.00 bits per heavy atom. The van der Waals surface area contributed by atoms with Crippen molar-refractivity contribution < 1.29 is 13.2 Å². The molecular weight excluding hydrogens is 436 g/mol. The van der Waals surface area contributed by atoms with Crippen molar-refractivity contribution >= 4 is 21.7 Å². The topological polar surface area (TPSA) is 84.3 Å². The number of amides is 1. The molecule has 0 spiro atoms. The van der Waals surface area contributed by atoms with Crippen LogP contribution in [0.5, 0.6) is 0 Å². The van der Waals surface area contributed by atoms with Crippen LogP contribution in [0.4, 0.5) is 5.82 Å². The van der Waals surface area contributed by atoms with Crippen LogP contribution in [0.3, 0.4) is 0 Å². The third kappa shape index (κ3) is 5.69. The number of rotatable bonds is 8. The van der Waals surface area contributed by atoms with Crippen LogP contribution in [-0.4, -0.2) is 41.5 Å². The molecule has 33 heavy (non-hydrogen) atoms. The van der Waals surface area contributed by atoms with Crippen molar-refractivity contribution in [3.63, 3.8) is 0 Å². The largest absolute Gasteiger partial charge is 0.307 e. The summed E-state index contributed by atoms with van der Waals surface area (Å²) in [6, 6.07) is 17.8. The van der Waals surface area contributed by atoms with Gasteiger partial charge in [-0.05, 0) is 29.8 Å². The van der Waals surface area contributed by atoms with Gasteiger partial charge in [-0.15, -0.1) is 0 Å². The van der Waals surface area contributed by atoms with E-state index in [4.69, 9.17) is 5.10 Å². The number of benzene rings is 2. The number of nitrogens with one attached hydrogen (secondary N) is 1. The molecule has 0 aliphatic carbocycles. The number of hydrogen-bond acceptors (Lipinski definition) is 4. The standard InChI is InChI=1S/C25H32N4O3S/c1-6-28(7-2)33(31,32)21-15-13-20(14-16-21)24(30)26-23-17-22(25(3,4)5)27-29(23)18-19-11-9-8-10-12-19/h8-17H,6-7,18H2,1-5H3,(H,26,30). The van der Waals surface area contributed by atoms with Crippen molar-refractivity contribution in [2.75, 3.05) is 18.4 Å². The minimum atomic E-state index is -3.57. The van der Waals surface area contributed by atoms with Gasteiger partial charge in [0.25, 0.3) is 5.91 Å². The molecule has 0 fully saturated rings. The molecular formula is C25H32N4O3S. The van der Waals surface area contributed by atoms with Crippen LogP contribution in [-0.2, 0) is 22.0 Å². The van der Waals surface area contributed by atoms with Gasteiger partial charge in [0.2, 0.25) is 10.0 Å². The first kappa shape index (κ1) is 24.7. The van der Waals surface area contributed by atoms with Crippen molar-refractivity contribution in [2.45, 2.75) is 51.5 Å². The molecule has 1 N–H and O–H groups in total. The minimum absolute atomic E-state index is 0.173. The van der Waals surface area contributed by atoms with Gasteiger partial charge in [-0.3, -0.25) is 4.79 Å². The van der Waals surface area contributed by atoms with Gasteiger partial charge in [-0.25, -0.2) is 13.1 Å². The van der Waals surface area contributed by atoms with E-state index < -0.39 is 10.0 Å². The predicted molar refractivity (Wildman–Crippen MR) is 131 cm³/mol. The van der Waals surface area contributed by atoms with Crippen molar-refractivity contribution in [1.29, 1.82) is 0 Å². The van der Waals surface area contributed by atoms with Gasteiger partial charge in [-0.1, -0.05) is 65.0 Å². The maximum atomic E-state index is 13.0. The van der Waals surface area contributed by atoms with E-state index in [0.717, 1.165) is 11.3 Å². The highest BCUT2D eigenvalue weighted by molar-refractivity contribution is 7.89. The number of anilines is 1. The van der Waals surface area contributed by atoms with Gasteiger partial charge < -0.3 is 5.32 Å². The van der Waals surface area contributed by atoms with Crippen molar-refractivity contribution in [1.82, 2.24) is 14.1 Å². The number of carbonyl (C=O) groups is 1. The quantitative estimate of drug-likeness (QED) is 0.527. The Morgan fingerprint density at radius 2 is 1.61 bits per heavy atom. The van der Waals surface area contributed by atoms with Crippen LogP contribution in [0.25, 0.3) is 0 Å². The molecule has 1 heterocycles. The van der Waals surface area contributed by atoms with Crippen molar-refractivity contribution in [2.24, 2.45) is 0 Å². The van der Waals surface area contributed by atoms with Gasteiger partial charge >= 0.3 is 0 Å². The van der Waals surface area contributed by atoms with Crippen molar-refractivity contribution in [3.05, 3.63) is 77.5 Å². The fourth-order valence-corrected chi connectivity index (χ4v) is 4.90. The molecule has 0 aliphatic rings. The van der Waals surface area contributed by atoms with Gasteiger partial charge in [0, 0.05) is 30.1 Å². The molecule has 1 amide bonds. The van der Waals surface area contributed by atoms with E-state index in [1.807, 2.05) is 36.4 Å².